The Hall–Kier alpha value is -3.52. The van der Waals surface area contributed by atoms with Crippen LogP contribution in [0.4, 0.5) is 22.7 Å². The third-order valence-corrected chi connectivity index (χ3v) is 7.04. The molecule has 0 fully saturated rings. The van der Waals surface area contributed by atoms with Gasteiger partial charge in [0.05, 0.1) is 0 Å². The summed E-state index contributed by atoms with van der Waals surface area (Å²) in [6.45, 7) is 9.11. The number of rotatable bonds is 11. The third-order valence-electron chi connectivity index (χ3n) is 7.04. The van der Waals surface area contributed by atoms with Crippen molar-refractivity contribution in [3.8, 4) is 11.1 Å². The van der Waals surface area contributed by atoms with Crippen LogP contribution >= 0.6 is 0 Å². The number of benzene rings is 4. The predicted octanol–water partition coefficient (Wildman–Crippen LogP) is 10.6. The van der Waals surface area contributed by atoms with Crippen molar-refractivity contribution in [3.05, 3.63) is 108 Å². The molecule has 0 aliphatic rings. The van der Waals surface area contributed by atoms with Crippen LogP contribution in [0.2, 0.25) is 0 Å². The van der Waals surface area contributed by atoms with Gasteiger partial charge in [0.2, 0.25) is 0 Å². The molecule has 2 unspecified atom stereocenters. The Balaban J connectivity index is 1.44. The minimum absolute atomic E-state index is 0.607. The lowest BCUT2D eigenvalue weighted by molar-refractivity contribution is 0.665. The van der Waals surface area contributed by atoms with Gasteiger partial charge in [-0.1, -0.05) is 89.1 Å². The largest absolute Gasteiger partial charge is 0.356 e. The molecular weight excluding hydrogens is 436 g/mol. The Bertz CT molecular complexity index is 1130. The number of hydrogen-bond donors (Lipinski definition) is 2. The van der Waals surface area contributed by atoms with Crippen LogP contribution < -0.4 is 10.6 Å². The van der Waals surface area contributed by atoms with Gasteiger partial charge in [0.15, 0.2) is 0 Å². The molecule has 4 aromatic carbocycles. The molecule has 0 spiro atoms. The first-order valence-electron chi connectivity index (χ1n) is 13.5. The Morgan fingerprint density at radius 3 is 1.25 bits per heavy atom. The lowest BCUT2D eigenvalue weighted by atomic mass is 9.96. The van der Waals surface area contributed by atoms with Crippen molar-refractivity contribution in [3.63, 3.8) is 0 Å². The highest BCUT2D eigenvalue weighted by Crippen LogP contribution is 2.29. The minimum atomic E-state index is 0.607. The molecule has 0 bridgehead atoms. The van der Waals surface area contributed by atoms with Crippen LogP contribution in [-0.2, 0) is 0 Å². The van der Waals surface area contributed by atoms with Gasteiger partial charge in [-0.05, 0) is 95.5 Å². The fraction of sp³-hybridized carbons (Fsp3) is 0.294. The normalized spacial score (nSPS) is 12.7. The van der Waals surface area contributed by atoms with Crippen molar-refractivity contribution < 1.29 is 0 Å². The maximum Gasteiger partial charge on any atom is 0.0390 e. The summed E-state index contributed by atoms with van der Waals surface area (Å²) >= 11 is 0. The molecule has 0 radical (unpaired) electrons. The van der Waals surface area contributed by atoms with Gasteiger partial charge in [-0.3, -0.25) is 0 Å². The van der Waals surface area contributed by atoms with E-state index in [0.717, 1.165) is 22.7 Å². The monoisotopic (exact) mass is 476 g/mol. The maximum absolute atomic E-state index is 3.57. The highest BCUT2D eigenvalue weighted by Gasteiger charge is 2.07. The van der Waals surface area contributed by atoms with E-state index in [9.17, 15) is 0 Å². The van der Waals surface area contributed by atoms with E-state index >= 15 is 0 Å². The molecule has 0 saturated heterocycles. The third kappa shape index (κ3) is 6.79. The Kier molecular flexibility index (Phi) is 8.84. The number of hydrogen-bond acceptors (Lipinski definition) is 2. The molecule has 186 valence electrons. The van der Waals surface area contributed by atoms with E-state index < -0.39 is 0 Å². The SMILES string of the molecule is CCCC(C)c1ccc(Nc2cccc(-c3cccc(Nc4ccc(C(C)CCC)cc4)c3)c2)cc1. The van der Waals surface area contributed by atoms with Crippen molar-refractivity contribution in [2.24, 2.45) is 0 Å². The average Bonchev–Trinajstić information content (AvgIpc) is 2.90. The highest BCUT2D eigenvalue weighted by molar-refractivity contribution is 5.74. The van der Waals surface area contributed by atoms with E-state index in [2.05, 4.69) is 135 Å². The summed E-state index contributed by atoms with van der Waals surface area (Å²) in [7, 11) is 0. The summed E-state index contributed by atoms with van der Waals surface area (Å²) in [5, 5.41) is 7.15. The molecule has 2 atom stereocenters. The molecule has 0 aromatic heterocycles. The summed E-state index contributed by atoms with van der Waals surface area (Å²) in [5.74, 6) is 1.21. The van der Waals surface area contributed by atoms with Crippen molar-refractivity contribution in [1.29, 1.82) is 0 Å². The summed E-state index contributed by atoms with van der Waals surface area (Å²) in [4.78, 5) is 0. The van der Waals surface area contributed by atoms with Crippen molar-refractivity contribution in [2.75, 3.05) is 10.6 Å². The van der Waals surface area contributed by atoms with Crippen LogP contribution in [0.25, 0.3) is 11.1 Å². The van der Waals surface area contributed by atoms with E-state index in [1.807, 2.05) is 0 Å². The fourth-order valence-electron chi connectivity index (χ4n) is 4.88. The molecule has 0 aliphatic carbocycles. The van der Waals surface area contributed by atoms with Crippen LogP contribution in [0.3, 0.4) is 0 Å². The van der Waals surface area contributed by atoms with Gasteiger partial charge in [-0.2, -0.15) is 0 Å². The van der Waals surface area contributed by atoms with E-state index in [4.69, 9.17) is 0 Å². The highest BCUT2D eigenvalue weighted by atomic mass is 14.9. The van der Waals surface area contributed by atoms with E-state index in [0.29, 0.717) is 11.8 Å². The van der Waals surface area contributed by atoms with Gasteiger partial charge >= 0.3 is 0 Å². The van der Waals surface area contributed by atoms with E-state index in [1.54, 1.807) is 0 Å². The molecule has 0 aliphatic heterocycles. The standard InChI is InChI=1S/C34H40N2/c1-5-9-25(3)27-15-19-31(20-16-27)35-33-13-7-11-29(23-33)30-12-8-14-34(24-30)36-32-21-17-28(18-22-32)26(4)10-6-2/h7-8,11-26,35-36H,5-6,9-10H2,1-4H3. The van der Waals surface area contributed by atoms with Gasteiger partial charge in [-0.25, -0.2) is 0 Å². The maximum atomic E-state index is 3.57. The molecule has 2 N–H and O–H groups in total. The molecule has 0 saturated carbocycles. The van der Waals surface area contributed by atoms with E-state index in [-0.39, 0.29) is 0 Å². The molecule has 4 rings (SSSR count). The van der Waals surface area contributed by atoms with Crippen LogP contribution in [0.15, 0.2) is 97.1 Å². The molecule has 0 heterocycles. The summed E-state index contributed by atoms with van der Waals surface area (Å²) in [6.07, 6.45) is 4.89. The predicted molar refractivity (Wildman–Crippen MR) is 158 cm³/mol. The van der Waals surface area contributed by atoms with Gasteiger partial charge < -0.3 is 10.6 Å². The first-order valence-corrected chi connectivity index (χ1v) is 13.5. The zero-order valence-electron chi connectivity index (χ0n) is 22.2. The van der Waals surface area contributed by atoms with Crippen LogP contribution in [0.1, 0.15) is 76.3 Å². The van der Waals surface area contributed by atoms with Gasteiger partial charge in [-0.15, -0.1) is 0 Å². The first-order chi connectivity index (χ1) is 17.6. The van der Waals surface area contributed by atoms with Crippen LogP contribution in [0.5, 0.6) is 0 Å². The lowest BCUT2D eigenvalue weighted by Crippen LogP contribution is -1.95. The van der Waals surface area contributed by atoms with Crippen LogP contribution in [0, 0.1) is 0 Å². The zero-order valence-corrected chi connectivity index (χ0v) is 22.2. The summed E-state index contributed by atoms with van der Waals surface area (Å²) in [6, 6.07) is 35.0. The van der Waals surface area contributed by atoms with Crippen molar-refractivity contribution in [1.82, 2.24) is 0 Å². The quantitative estimate of drug-likeness (QED) is 0.225. The van der Waals surface area contributed by atoms with Crippen LogP contribution in [-0.4, -0.2) is 0 Å². The molecule has 2 nitrogen and oxygen atoms in total. The van der Waals surface area contributed by atoms with Gasteiger partial charge in [0.1, 0.15) is 0 Å². The minimum Gasteiger partial charge on any atom is -0.356 e. The Labute approximate surface area is 217 Å². The molecule has 36 heavy (non-hydrogen) atoms. The molecule has 0 amide bonds. The zero-order chi connectivity index (χ0) is 25.3. The summed E-state index contributed by atoms with van der Waals surface area (Å²) < 4.78 is 0. The topological polar surface area (TPSA) is 24.1 Å². The Morgan fingerprint density at radius 1 is 0.500 bits per heavy atom. The second kappa shape index (κ2) is 12.4. The first kappa shape index (κ1) is 25.6. The van der Waals surface area contributed by atoms with Crippen molar-refractivity contribution in [2.45, 2.75) is 65.2 Å². The van der Waals surface area contributed by atoms with Crippen molar-refractivity contribution >= 4 is 22.7 Å². The molecular formula is C34H40N2. The molecule has 2 heteroatoms. The number of anilines is 4. The number of nitrogens with one attached hydrogen (secondary N) is 2. The smallest absolute Gasteiger partial charge is 0.0390 e. The van der Waals surface area contributed by atoms with Gasteiger partial charge in [0.25, 0.3) is 0 Å². The second-order valence-corrected chi connectivity index (χ2v) is 10.0. The van der Waals surface area contributed by atoms with E-state index in [1.165, 1.54) is 47.9 Å². The second-order valence-electron chi connectivity index (χ2n) is 10.0. The summed E-state index contributed by atoms with van der Waals surface area (Å²) in [5.41, 5.74) is 9.63. The average molecular weight is 477 g/mol. The Morgan fingerprint density at radius 2 is 0.889 bits per heavy atom. The lowest BCUT2D eigenvalue weighted by Gasteiger charge is -2.14. The van der Waals surface area contributed by atoms with Gasteiger partial charge in [0, 0.05) is 22.7 Å². The molecule has 4 aromatic rings. The fourth-order valence-corrected chi connectivity index (χ4v) is 4.88.